The van der Waals surface area contributed by atoms with Gasteiger partial charge >= 0.3 is 12.1 Å². The highest BCUT2D eigenvalue weighted by Crippen LogP contribution is 2.29. The Morgan fingerprint density at radius 3 is 2.59 bits per heavy atom. The van der Waals surface area contributed by atoms with Crippen molar-refractivity contribution < 1.29 is 17.9 Å². The van der Waals surface area contributed by atoms with E-state index >= 15 is 0 Å². The van der Waals surface area contributed by atoms with E-state index in [9.17, 15) is 22.8 Å². The van der Waals surface area contributed by atoms with E-state index in [1.54, 1.807) is 0 Å². The summed E-state index contributed by atoms with van der Waals surface area (Å²) in [4.78, 5) is 33.0. The molecule has 0 aromatic heterocycles. The van der Waals surface area contributed by atoms with Crippen molar-refractivity contribution >= 4 is 0 Å². The highest BCUT2D eigenvalue weighted by molar-refractivity contribution is 5.61. The van der Waals surface area contributed by atoms with Gasteiger partial charge in [0.1, 0.15) is 5.75 Å². The van der Waals surface area contributed by atoms with Gasteiger partial charge < -0.3 is 4.74 Å². The Hall–Kier alpha value is -3.24. The fourth-order valence-electron chi connectivity index (χ4n) is 4.02. The second kappa shape index (κ2) is 8.71. The minimum absolute atomic E-state index is 0.0475. The van der Waals surface area contributed by atoms with Gasteiger partial charge in [0, 0.05) is 19.2 Å². The molecule has 1 aromatic carbocycles. The molecule has 0 radical (unpaired) electrons. The van der Waals surface area contributed by atoms with Gasteiger partial charge in [-0.1, -0.05) is 44.2 Å². The third kappa shape index (κ3) is 4.81. The summed E-state index contributed by atoms with van der Waals surface area (Å²) < 4.78 is 44.2. The summed E-state index contributed by atoms with van der Waals surface area (Å²) >= 11 is 0. The lowest BCUT2D eigenvalue weighted by Crippen LogP contribution is -2.37. The lowest BCUT2D eigenvalue weighted by atomic mass is 9.87. The van der Waals surface area contributed by atoms with Crippen LogP contribution in [-0.2, 0) is 13.6 Å². The minimum Gasteiger partial charge on any atom is -0.406 e. The monoisotopic (exact) mass is 449 g/mol. The second-order valence-corrected chi connectivity index (χ2v) is 7.96. The van der Waals surface area contributed by atoms with Crippen molar-refractivity contribution in [2.75, 3.05) is 0 Å². The molecule has 170 valence electrons. The number of rotatable bonds is 5. The molecule has 2 aliphatic heterocycles. The summed E-state index contributed by atoms with van der Waals surface area (Å²) in [7, 11) is 1.29. The van der Waals surface area contributed by atoms with Crippen molar-refractivity contribution in [1.29, 1.82) is 0 Å². The van der Waals surface area contributed by atoms with E-state index in [1.807, 2.05) is 0 Å². The summed E-state index contributed by atoms with van der Waals surface area (Å²) in [5.41, 5.74) is -1.18. The first-order valence-corrected chi connectivity index (χ1v) is 10.4. The number of aryl methyl sites for hydroxylation is 1. The molecule has 2 heterocycles. The molecule has 32 heavy (non-hydrogen) atoms. The Labute approximate surface area is 181 Å². The molecule has 4 rings (SSSR count). The first-order chi connectivity index (χ1) is 15.2. The molecule has 1 saturated carbocycles. The molecule has 8 nitrogen and oxygen atoms in total. The molecule has 0 N–H and O–H groups in total. The Balaban J connectivity index is 1.77. The number of hydrogen-bond donors (Lipinski definition) is 0. The highest BCUT2D eigenvalue weighted by Gasteiger charge is 2.31. The van der Waals surface area contributed by atoms with E-state index in [0.717, 1.165) is 29.9 Å². The number of nitrogens with zero attached hydrogens (tertiary/aromatic N) is 5. The topological polar surface area (TPSA) is 91.9 Å². The van der Waals surface area contributed by atoms with Crippen LogP contribution in [0.4, 0.5) is 13.2 Å². The van der Waals surface area contributed by atoms with Gasteiger partial charge in [0.15, 0.2) is 17.3 Å². The quantitative estimate of drug-likeness (QED) is 0.593. The van der Waals surface area contributed by atoms with Crippen LogP contribution in [0, 0.1) is 5.92 Å². The van der Waals surface area contributed by atoms with Crippen LogP contribution >= 0.6 is 0 Å². The lowest BCUT2D eigenvalue weighted by molar-refractivity contribution is -0.274. The molecule has 1 aromatic rings. The zero-order valence-electron chi connectivity index (χ0n) is 17.4. The number of hydrogen-bond acceptors (Lipinski definition) is 6. The zero-order chi connectivity index (χ0) is 22.9. The molecule has 0 atom stereocenters. The number of fused-ring (bicyclic) bond motifs is 1. The van der Waals surface area contributed by atoms with E-state index in [2.05, 4.69) is 19.8 Å². The number of alkyl halides is 3. The van der Waals surface area contributed by atoms with Crippen LogP contribution in [0.2, 0.25) is 0 Å². The normalized spacial score (nSPS) is 15.2. The fourth-order valence-corrected chi connectivity index (χ4v) is 4.02. The molecule has 3 aliphatic rings. The van der Waals surface area contributed by atoms with Crippen LogP contribution in [0.15, 0.2) is 33.9 Å². The van der Waals surface area contributed by atoms with Gasteiger partial charge in [-0.3, -0.25) is 9.36 Å². The molecule has 0 bridgehead atoms. The van der Waals surface area contributed by atoms with Crippen LogP contribution < -0.4 is 16.0 Å². The van der Waals surface area contributed by atoms with Crippen LogP contribution in [0.3, 0.4) is 0 Å². The first-order valence-electron chi connectivity index (χ1n) is 10.4. The number of aromatic nitrogens is 5. The molecule has 0 amide bonds. The number of benzene rings is 1. The van der Waals surface area contributed by atoms with E-state index in [-0.39, 0.29) is 22.9 Å². The van der Waals surface area contributed by atoms with Gasteiger partial charge in [-0.15, -0.1) is 13.2 Å². The molecular weight excluding hydrogens is 427 g/mol. The molecule has 11 heteroatoms. The number of halogens is 3. The third-order valence-corrected chi connectivity index (χ3v) is 5.68. The maximum Gasteiger partial charge on any atom is 0.573 e. The van der Waals surface area contributed by atoms with Gasteiger partial charge in [-0.25, -0.2) is 14.5 Å². The first kappa shape index (κ1) is 22.0. The van der Waals surface area contributed by atoms with Gasteiger partial charge in [-0.05, 0) is 24.5 Å². The molecule has 0 saturated heterocycles. The average Bonchev–Trinajstić information content (AvgIpc) is 2.76. The Morgan fingerprint density at radius 2 is 1.88 bits per heavy atom. The molecule has 1 fully saturated rings. The smallest absolute Gasteiger partial charge is 0.406 e. The van der Waals surface area contributed by atoms with Crippen molar-refractivity contribution in [3.8, 4) is 28.7 Å². The van der Waals surface area contributed by atoms with Crippen LogP contribution in [0.25, 0.3) is 22.9 Å². The summed E-state index contributed by atoms with van der Waals surface area (Å²) in [5, 5.41) is 4.42. The van der Waals surface area contributed by atoms with Crippen molar-refractivity contribution in [2.45, 2.75) is 51.4 Å². The Bertz CT molecular complexity index is 1200. The average molecular weight is 449 g/mol. The van der Waals surface area contributed by atoms with Crippen LogP contribution in [-0.4, -0.2) is 30.7 Å². The van der Waals surface area contributed by atoms with Crippen molar-refractivity contribution in [3.63, 3.8) is 0 Å². The van der Waals surface area contributed by atoms with Gasteiger partial charge in [0.05, 0.1) is 0 Å². The van der Waals surface area contributed by atoms with E-state index in [0.29, 0.717) is 12.5 Å². The highest BCUT2D eigenvalue weighted by atomic mass is 19.4. The maximum atomic E-state index is 12.7. The van der Waals surface area contributed by atoms with E-state index in [1.165, 1.54) is 49.2 Å². The van der Waals surface area contributed by atoms with Crippen LogP contribution in [0.5, 0.6) is 5.75 Å². The van der Waals surface area contributed by atoms with E-state index < -0.39 is 23.4 Å². The van der Waals surface area contributed by atoms with E-state index in [4.69, 9.17) is 0 Å². The molecule has 1 aliphatic carbocycles. The predicted octanol–water partition coefficient (Wildman–Crippen LogP) is 3.37. The summed E-state index contributed by atoms with van der Waals surface area (Å²) in [6.45, 7) is 0.412. The molecule has 0 spiro atoms. The van der Waals surface area contributed by atoms with Crippen molar-refractivity contribution in [2.24, 2.45) is 13.0 Å². The standard InChI is InChI=1S/C21H22F3N5O3/c1-28-19(30)16-18(26-20(28)31)29(11-10-13-6-3-2-4-7-13)27-17(25-16)14-8-5-9-15(12-14)32-21(22,23)24/h5,8-9,12-13H,2-4,6-7,10-11H2,1H3. The maximum absolute atomic E-state index is 12.7. The predicted molar refractivity (Wildman–Crippen MR) is 109 cm³/mol. The lowest BCUT2D eigenvalue weighted by Gasteiger charge is -2.22. The summed E-state index contributed by atoms with van der Waals surface area (Å²) in [6.07, 6.45) is 1.72. The van der Waals surface area contributed by atoms with Crippen molar-refractivity contribution in [1.82, 2.24) is 24.3 Å². The van der Waals surface area contributed by atoms with Gasteiger partial charge in [0.2, 0.25) is 0 Å². The Morgan fingerprint density at radius 1 is 1.12 bits per heavy atom. The largest absolute Gasteiger partial charge is 0.573 e. The van der Waals surface area contributed by atoms with Gasteiger partial charge in [-0.2, -0.15) is 10.1 Å². The molecule has 0 unspecified atom stereocenters. The van der Waals surface area contributed by atoms with Crippen LogP contribution in [0.1, 0.15) is 38.5 Å². The summed E-state index contributed by atoms with van der Waals surface area (Å²) in [6, 6.07) is 5.22. The Kier molecular flexibility index (Phi) is 5.98. The van der Waals surface area contributed by atoms with Crippen molar-refractivity contribution in [3.05, 3.63) is 45.1 Å². The van der Waals surface area contributed by atoms with Gasteiger partial charge in [0.25, 0.3) is 5.56 Å². The zero-order valence-corrected chi connectivity index (χ0v) is 17.4. The SMILES string of the molecule is Cn1c(=O)nc2n(CCC3CCCCC3)nc(-c3cccc(OC(F)(F)F)c3)nc-2c1=O. The number of ether oxygens (including phenoxy) is 1. The third-order valence-electron chi connectivity index (χ3n) is 5.68. The molecular formula is C21H22F3N5O3. The fraction of sp³-hybridized carbons (Fsp3) is 0.476. The minimum atomic E-state index is -4.84. The summed E-state index contributed by atoms with van der Waals surface area (Å²) in [5.74, 6) is 0.201. The second-order valence-electron chi connectivity index (χ2n) is 7.96.